The zero-order valence-electron chi connectivity index (χ0n) is 11.7. The molecule has 1 aliphatic heterocycles. The molecule has 1 amide bonds. The minimum absolute atomic E-state index is 0.147. The number of aromatic nitrogens is 2. The zero-order chi connectivity index (χ0) is 13.8. The summed E-state index contributed by atoms with van der Waals surface area (Å²) in [5, 5.41) is 6.90. The molecule has 19 heavy (non-hydrogen) atoms. The van der Waals surface area contributed by atoms with Crippen molar-refractivity contribution in [1.29, 1.82) is 0 Å². The normalized spacial score (nSPS) is 17.6. The lowest BCUT2D eigenvalue weighted by Crippen LogP contribution is -2.35. The van der Waals surface area contributed by atoms with Crippen molar-refractivity contribution in [2.24, 2.45) is 13.0 Å². The highest BCUT2D eigenvalue weighted by molar-refractivity contribution is 5.97. The first-order valence-corrected chi connectivity index (χ1v) is 6.86. The number of nitrogen functional groups attached to an aromatic ring is 1. The Hall–Kier alpha value is -1.56. The molecule has 1 atom stereocenters. The summed E-state index contributed by atoms with van der Waals surface area (Å²) in [4.78, 5) is 14.5. The number of nitrogens with zero attached hydrogens (tertiary/aromatic N) is 3. The molecule has 0 radical (unpaired) electrons. The van der Waals surface area contributed by atoms with Crippen LogP contribution in [0.1, 0.15) is 30.3 Å². The average molecular weight is 265 g/mol. The number of nitrogens with two attached hydrogens (primary N) is 1. The zero-order valence-corrected chi connectivity index (χ0v) is 11.7. The van der Waals surface area contributed by atoms with E-state index in [-0.39, 0.29) is 5.91 Å². The molecule has 6 heteroatoms. The van der Waals surface area contributed by atoms with E-state index in [2.05, 4.69) is 22.2 Å². The molecule has 1 saturated heterocycles. The van der Waals surface area contributed by atoms with Gasteiger partial charge in [0.15, 0.2) is 0 Å². The van der Waals surface area contributed by atoms with Crippen molar-refractivity contribution in [2.75, 3.05) is 31.9 Å². The van der Waals surface area contributed by atoms with Gasteiger partial charge in [0.1, 0.15) is 5.69 Å². The maximum absolute atomic E-state index is 12.0. The molecule has 106 valence electrons. The van der Waals surface area contributed by atoms with Gasteiger partial charge in [-0.3, -0.25) is 9.48 Å². The Bertz CT molecular complexity index is 417. The first-order valence-electron chi connectivity index (χ1n) is 6.86. The Balaban J connectivity index is 1.80. The summed E-state index contributed by atoms with van der Waals surface area (Å²) in [6, 6.07) is 0. The van der Waals surface area contributed by atoms with Gasteiger partial charge in [-0.15, -0.1) is 0 Å². The average Bonchev–Trinajstić information content (AvgIpc) is 2.97. The number of carbonyl (C=O) groups excluding carboxylic acids is 1. The maximum Gasteiger partial charge on any atom is 0.271 e. The van der Waals surface area contributed by atoms with Gasteiger partial charge >= 0.3 is 0 Å². The highest BCUT2D eigenvalue weighted by Crippen LogP contribution is 2.11. The highest BCUT2D eigenvalue weighted by Gasteiger charge is 2.17. The molecule has 1 aromatic rings. The van der Waals surface area contributed by atoms with Crippen LogP contribution >= 0.6 is 0 Å². The number of carbonyl (C=O) groups is 1. The predicted octanol–water partition coefficient (Wildman–Crippen LogP) is 0.464. The van der Waals surface area contributed by atoms with E-state index in [1.165, 1.54) is 36.8 Å². The van der Waals surface area contributed by atoms with Crippen molar-refractivity contribution in [2.45, 2.75) is 19.8 Å². The van der Waals surface area contributed by atoms with Crippen LogP contribution in [0.25, 0.3) is 0 Å². The fourth-order valence-corrected chi connectivity index (χ4v) is 2.55. The largest absolute Gasteiger partial charge is 0.396 e. The van der Waals surface area contributed by atoms with E-state index in [4.69, 9.17) is 5.73 Å². The van der Waals surface area contributed by atoms with Crippen molar-refractivity contribution in [3.8, 4) is 0 Å². The van der Waals surface area contributed by atoms with Gasteiger partial charge in [-0.1, -0.05) is 6.92 Å². The van der Waals surface area contributed by atoms with Gasteiger partial charge in [0.2, 0.25) is 0 Å². The van der Waals surface area contributed by atoms with E-state index in [0.29, 0.717) is 23.8 Å². The maximum atomic E-state index is 12.0. The van der Waals surface area contributed by atoms with Crippen molar-refractivity contribution < 1.29 is 4.79 Å². The Morgan fingerprint density at radius 1 is 1.53 bits per heavy atom. The molecule has 0 spiro atoms. The van der Waals surface area contributed by atoms with Crippen molar-refractivity contribution in [3.05, 3.63) is 11.9 Å². The summed E-state index contributed by atoms with van der Waals surface area (Å²) in [6.07, 6.45) is 4.10. The SMILES string of the molecule is CC(CNC(=O)c1c(N)cnn1C)CN1CCCC1. The van der Waals surface area contributed by atoms with Gasteiger partial charge in [0.25, 0.3) is 5.91 Å². The van der Waals surface area contributed by atoms with E-state index in [9.17, 15) is 4.79 Å². The highest BCUT2D eigenvalue weighted by atomic mass is 16.2. The van der Waals surface area contributed by atoms with Crippen LogP contribution in [0.4, 0.5) is 5.69 Å². The van der Waals surface area contributed by atoms with Crippen LogP contribution in [-0.4, -0.2) is 46.8 Å². The monoisotopic (exact) mass is 265 g/mol. The van der Waals surface area contributed by atoms with Crippen LogP contribution in [0, 0.1) is 5.92 Å². The molecule has 2 rings (SSSR count). The molecule has 2 heterocycles. The molecule has 6 nitrogen and oxygen atoms in total. The van der Waals surface area contributed by atoms with Gasteiger partial charge in [0, 0.05) is 20.1 Å². The molecular weight excluding hydrogens is 242 g/mol. The third kappa shape index (κ3) is 3.47. The lowest BCUT2D eigenvalue weighted by atomic mass is 10.1. The van der Waals surface area contributed by atoms with Gasteiger partial charge < -0.3 is 16.0 Å². The second-order valence-corrected chi connectivity index (χ2v) is 5.40. The summed E-state index contributed by atoms with van der Waals surface area (Å²) < 4.78 is 1.51. The van der Waals surface area contributed by atoms with Crippen LogP contribution in [0.2, 0.25) is 0 Å². The lowest BCUT2D eigenvalue weighted by Gasteiger charge is -2.20. The van der Waals surface area contributed by atoms with E-state index < -0.39 is 0 Å². The molecule has 0 aliphatic carbocycles. The number of anilines is 1. The quantitative estimate of drug-likeness (QED) is 0.811. The molecule has 3 N–H and O–H groups in total. The minimum atomic E-state index is -0.147. The van der Waals surface area contributed by atoms with Crippen LogP contribution in [-0.2, 0) is 7.05 Å². The number of nitrogens with one attached hydrogen (secondary N) is 1. The molecule has 1 aromatic heterocycles. The van der Waals surface area contributed by atoms with E-state index in [0.717, 1.165) is 6.54 Å². The first-order chi connectivity index (χ1) is 9.08. The number of rotatable bonds is 5. The molecule has 0 aromatic carbocycles. The standard InChI is InChI=1S/C13H23N5O/c1-10(9-18-5-3-4-6-18)7-15-13(19)12-11(14)8-16-17(12)2/h8,10H,3-7,9,14H2,1-2H3,(H,15,19). The minimum Gasteiger partial charge on any atom is -0.396 e. The number of likely N-dealkylation sites (tertiary alicyclic amines) is 1. The summed E-state index contributed by atoms with van der Waals surface area (Å²) in [5.41, 5.74) is 6.59. The summed E-state index contributed by atoms with van der Waals surface area (Å²) in [6.45, 7) is 6.24. The van der Waals surface area contributed by atoms with E-state index >= 15 is 0 Å². The third-order valence-corrected chi connectivity index (χ3v) is 3.56. The third-order valence-electron chi connectivity index (χ3n) is 3.56. The number of hydrogen-bond acceptors (Lipinski definition) is 4. The fraction of sp³-hybridized carbons (Fsp3) is 0.692. The van der Waals surface area contributed by atoms with Gasteiger partial charge in [0.05, 0.1) is 11.9 Å². The Labute approximate surface area is 113 Å². The fourth-order valence-electron chi connectivity index (χ4n) is 2.55. The number of aryl methyl sites for hydroxylation is 1. The molecule has 0 saturated carbocycles. The van der Waals surface area contributed by atoms with Crippen molar-refractivity contribution >= 4 is 11.6 Å². The van der Waals surface area contributed by atoms with Crippen LogP contribution < -0.4 is 11.1 Å². The topological polar surface area (TPSA) is 76.2 Å². The summed E-state index contributed by atoms with van der Waals surface area (Å²) >= 11 is 0. The smallest absolute Gasteiger partial charge is 0.271 e. The lowest BCUT2D eigenvalue weighted by molar-refractivity contribution is 0.0936. The van der Waals surface area contributed by atoms with E-state index in [1.807, 2.05) is 0 Å². The Kier molecular flexibility index (Phi) is 4.42. The Morgan fingerprint density at radius 3 is 2.79 bits per heavy atom. The predicted molar refractivity (Wildman–Crippen MR) is 74.8 cm³/mol. The molecule has 1 aliphatic rings. The number of hydrogen-bond donors (Lipinski definition) is 2. The van der Waals surface area contributed by atoms with Crippen molar-refractivity contribution in [3.63, 3.8) is 0 Å². The van der Waals surface area contributed by atoms with Crippen LogP contribution in [0.15, 0.2) is 6.20 Å². The molecule has 0 bridgehead atoms. The van der Waals surface area contributed by atoms with Gasteiger partial charge in [-0.05, 0) is 31.8 Å². The van der Waals surface area contributed by atoms with Crippen LogP contribution in [0.5, 0.6) is 0 Å². The summed E-state index contributed by atoms with van der Waals surface area (Å²) in [7, 11) is 1.72. The van der Waals surface area contributed by atoms with Crippen molar-refractivity contribution in [1.82, 2.24) is 20.0 Å². The van der Waals surface area contributed by atoms with Crippen LogP contribution in [0.3, 0.4) is 0 Å². The van der Waals surface area contributed by atoms with Gasteiger partial charge in [-0.2, -0.15) is 5.10 Å². The van der Waals surface area contributed by atoms with Gasteiger partial charge in [-0.25, -0.2) is 0 Å². The Morgan fingerprint density at radius 2 is 2.21 bits per heavy atom. The second kappa shape index (κ2) is 6.06. The van der Waals surface area contributed by atoms with E-state index in [1.54, 1.807) is 7.05 Å². The second-order valence-electron chi connectivity index (χ2n) is 5.40. The molecule has 1 fully saturated rings. The summed E-state index contributed by atoms with van der Waals surface area (Å²) in [5.74, 6) is 0.294. The molecule has 1 unspecified atom stereocenters. The first kappa shape index (κ1) is 13.9. The molecular formula is C13H23N5O. The number of amides is 1.